The number of nitrogens with zero attached hydrogens (tertiary/aromatic N) is 5. The van der Waals surface area contributed by atoms with E-state index in [-0.39, 0.29) is 5.95 Å². The number of piperazine rings is 1. The molecule has 26 heavy (non-hydrogen) atoms. The second-order valence-corrected chi connectivity index (χ2v) is 6.67. The van der Waals surface area contributed by atoms with Gasteiger partial charge in [-0.2, -0.15) is 4.98 Å². The number of hydrogen-bond acceptors (Lipinski definition) is 8. The van der Waals surface area contributed by atoms with Crippen LogP contribution in [-0.4, -0.2) is 54.2 Å². The topological polar surface area (TPSA) is 137 Å². The Hall–Kier alpha value is -2.74. The molecule has 3 heterocycles. The highest BCUT2D eigenvalue weighted by atomic mass is 32.2. The third kappa shape index (κ3) is 4.08. The van der Waals surface area contributed by atoms with Gasteiger partial charge in [0.15, 0.2) is 0 Å². The molecule has 1 saturated heterocycles. The molecule has 1 aliphatic rings. The van der Waals surface area contributed by atoms with Crippen molar-refractivity contribution in [2.75, 3.05) is 42.5 Å². The van der Waals surface area contributed by atoms with E-state index >= 15 is 0 Å². The van der Waals surface area contributed by atoms with Crippen molar-refractivity contribution in [1.82, 2.24) is 19.3 Å². The van der Waals surface area contributed by atoms with Gasteiger partial charge < -0.3 is 20.9 Å². The van der Waals surface area contributed by atoms with Gasteiger partial charge in [0, 0.05) is 49.2 Å². The molecule has 3 rings (SSSR count). The van der Waals surface area contributed by atoms with Gasteiger partial charge in [0.2, 0.25) is 5.95 Å². The van der Waals surface area contributed by atoms with Crippen LogP contribution in [0.4, 0.5) is 17.6 Å². The van der Waals surface area contributed by atoms with Crippen molar-refractivity contribution >= 4 is 28.9 Å². The molecule has 0 radical (unpaired) electrons. The molecule has 136 valence electrons. The molecule has 4 N–H and O–H groups in total. The van der Waals surface area contributed by atoms with E-state index < -0.39 is 11.3 Å². The summed E-state index contributed by atoms with van der Waals surface area (Å²) in [4.78, 5) is 14.5. The van der Waals surface area contributed by atoms with E-state index in [1.807, 2.05) is 11.8 Å². The number of pyridine rings is 1. The van der Waals surface area contributed by atoms with Gasteiger partial charge in [0.25, 0.3) is 0 Å². The molecule has 2 aromatic rings. The molecule has 1 aliphatic heterocycles. The van der Waals surface area contributed by atoms with Crippen LogP contribution in [0.3, 0.4) is 0 Å². The van der Waals surface area contributed by atoms with Crippen molar-refractivity contribution < 1.29 is 8.76 Å². The van der Waals surface area contributed by atoms with Gasteiger partial charge in [-0.3, -0.25) is 4.21 Å². The highest BCUT2D eigenvalue weighted by Crippen LogP contribution is 2.22. The Bertz CT molecular complexity index is 884. The Kier molecular flexibility index (Phi) is 5.32. The van der Waals surface area contributed by atoms with E-state index in [0.717, 1.165) is 0 Å². The summed E-state index contributed by atoms with van der Waals surface area (Å²) in [6.45, 7) is 3.58. The normalized spacial score (nSPS) is 16.0. The summed E-state index contributed by atoms with van der Waals surface area (Å²) >= 11 is -2.21. The first-order valence-electron chi connectivity index (χ1n) is 7.91. The standard InChI is InChI=1S/C16H19N7O2S/c1-11-13(4-2-12-3-5-14(17)19-10-12)15(21-16(18)20-11)22-6-8-23(9-7-22)26(24)25/h3,5,10H,6-9H2,1H3,(H2,17,19)(H,24,25)(H2,18,20,21)/p-1. The van der Waals surface area contributed by atoms with Crippen LogP contribution in [0.1, 0.15) is 16.8 Å². The van der Waals surface area contributed by atoms with Gasteiger partial charge in [0.1, 0.15) is 11.6 Å². The number of aromatic nitrogens is 3. The van der Waals surface area contributed by atoms with E-state index in [1.54, 1.807) is 18.3 Å². The lowest BCUT2D eigenvalue weighted by Gasteiger charge is -2.36. The Balaban J connectivity index is 1.91. The maximum Gasteiger partial charge on any atom is 0.222 e. The minimum atomic E-state index is -2.21. The van der Waals surface area contributed by atoms with Gasteiger partial charge in [-0.15, -0.1) is 0 Å². The number of hydrogen-bond donors (Lipinski definition) is 2. The number of aryl methyl sites for hydroxylation is 1. The fourth-order valence-corrected chi connectivity index (χ4v) is 3.08. The van der Waals surface area contributed by atoms with Crippen molar-refractivity contribution in [3.05, 3.63) is 35.2 Å². The average Bonchev–Trinajstić information content (AvgIpc) is 2.62. The third-order valence-corrected chi connectivity index (χ3v) is 4.74. The minimum Gasteiger partial charge on any atom is -0.760 e. The largest absolute Gasteiger partial charge is 0.760 e. The molecule has 0 saturated carbocycles. The molecule has 1 atom stereocenters. The lowest BCUT2D eigenvalue weighted by molar-refractivity contribution is 0.365. The van der Waals surface area contributed by atoms with Crippen LogP contribution < -0.4 is 16.4 Å². The molecular formula is C16H18N7O2S-. The van der Waals surface area contributed by atoms with Crippen LogP contribution in [-0.2, 0) is 11.3 Å². The van der Waals surface area contributed by atoms with Crippen LogP contribution in [0, 0.1) is 18.8 Å². The molecule has 0 spiro atoms. The zero-order valence-corrected chi connectivity index (χ0v) is 15.0. The van der Waals surface area contributed by atoms with E-state index in [9.17, 15) is 8.76 Å². The van der Waals surface area contributed by atoms with Crippen molar-refractivity contribution in [3.63, 3.8) is 0 Å². The Morgan fingerprint density at radius 1 is 1.15 bits per heavy atom. The van der Waals surface area contributed by atoms with E-state index in [4.69, 9.17) is 11.5 Å². The summed E-state index contributed by atoms with van der Waals surface area (Å²) in [5, 5.41) is 0. The lowest BCUT2D eigenvalue weighted by Crippen LogP contribution is -2.47. The molecule has 2 aromatic heterocycles. The summed E-state index contributed by atoms with van der Waals surface area (Å²) in [5.74, 6) is 7.32. The highest BCUT2D eigenvalue weighted by Gasteiger charge is 2.22. The van der Waals surface area contributed by atoms with Gasteiger partial charge in [-0.25, -0.2) is 14.3 Å². The molecule has 0 amide bonds. The van der Waals surface area contributed by atoms with E-state index in [2.05, 4.69) is 26.8 Å². The lowest BCUT2D eigenvalue weighted by atomic mass is 10.1. The molecule has 1 unspecified atom stereocenters. The SMILES string of the molecule is Cc1nc(N)nc(N2CCN(S(=O)[O-])CC2)c1C#Cc1ccc(N)nc1. The predicted molar refractivity (Wildman–Crippen MR) is 98.5 cm³/mol. The molecule has 10 heteroatoms. The Morgan fingerprint density at radius 2 is 1.88 bits per heavy atom. The van der Waals surface area contributed by atoms with Gasteiger partial charge in [-0.1, -0.05) is 11.8 Å². The molecular weight excluding hydrogens is 354 g/mol. The fourth-order valence-electron chi connectivity index (χ4n) is 2.62. The van der Waals surface area contributed by atoms with Crippen LogP contribution in [0.5, 0.6) is 0 Å². The third-order valence-electron chi connectivity index (χ3n) is 3.96. The van der Waals surface area contributed by atoms with Crippen LogP contribution in [0.15, 0.2) is 18.3 Å². The van der Waals surface area contributed by atoms with Crippen LogP contribution in [0.25, 0.3) is 0 Å². The smallest absolute Gasteiger partial charge is 0.222 e. The summed E-state index contributed by atoms with van der Waals surface area (Å²) in [6.07, 6.45) is 1.60. The van der Waals surface area contributed by atoms with Crippen LogP contribution >= 0.6 is 0 Å². The first-order valence-corrected chi connectivity index (χ1v) is 8.94. The van der Waals surface area contributed by atoms with Crippen molar-refractivity contribution in [2.24, 2.45) is 0 Å². The summed E-state index contributed by atoms with van der Waals surface area (Å²) in [5.41, 5.74) is 13.4. The molecule has 0 bridgehead atoms. The van der Waals surface area contributed by atoms with Crippen molar-refractivity contribution in [3.8, 4) is 11.8 Å². The second kappa shape index (κ2) is 7.65. The first-order chi connectivity index (χ1) is 12.4. The summed E-state index contributed by atoms with van der Waals surface area (Å²) in [7, 11) is 0. The molecule has 0 aliphatic carbocycles. The Morgan fingerprint density at radius 3 is 2.50 bits per heavy atom. The van der Waals surface area contributed by atoms with Crippen LogP contribution in [0.2, 0.25) is 0 Å². The second-order valence-electron chi connectivity index (χ2n) is 5.72. The first kappa shape index (κ1) is 18.1. The van der Waals surface area contributed by atoms with Crippen molar-refractivity contribution in [1.29, 1.82) is 0 Å². The summed E-state index contributed by atoms with van der Waals surface area (Å²) < 4.78 is 23.5. The molecule has 9 nitrogen and oxygen atoms in total. The average molecular weight is 372 g/mol. The number of anilines is 3. The quantitative estimate of drug-likeness (QED) is 0.539. The van der Waals surface area contributed by atoms with Gasteiger partial charge in [0.05, 0.1) is 11.3 Å². The van der Waals surface area contributed by atoms with Gasteiger partial charge in [-0.05, 0) is 19.1 Å². The summed E-state index contributed by atoms with van der Waals surface area (Å²) in [6, 6.07) is 3.46. The molecule has 0 aromatic carbocycles. The van der Waals surface area contributed by atoms with Crippen molar-refractivity contribution in [2.45, 2.75) is 6.92 Å². The van der Waals surface area contributed by atoms with E-state index in [0.29, 0.717) is 54.6 Å². The number of rotatable bonds is 2. The van der Waals surface area contributed by atoms with E-state index in [1.165, 1.54) is 4.31 Å². The maximum atomic E-state index is 11.1. The maximum absolute atomic E-state index is 11.1. The zero-order chi connectivity index (χ0) is 18.7. The Labute approximate surface area is 153 Å². The predicted octanol–water partition coefficient (Wildman–Crippen LogP) is -0.340. The minimum absolute atomic E-state index is 0.159. The van der Waals surface area contributed by atoms with Gasteiger partial charge >= 0.3 is 0 Å². The zero-order valence-electron chi connectivity index (χ0n) is 14.2. The number of nitrogen functional groups attached to an aromatic ring is 2. The fraction of sp³-hybridized carbons (Fsp3) is 0.312. The molecule has 1 fully saturated rings. The highest BCUT2D eigenvalue weighted by molar-refractivity contribution is 7.76. The number of nitrogens with two attached hydrogens (primary N) is 2. The monoisotopic (exact) mass is 372 g/mol.